The summed E-state index contributed by atoms with van der Waals surface area (Å²) in [5, 5.41) is 17.7. The van der Waals surface area contributed by atoms with Gasteiger partial charge in [-0.25, -0.2) is 0 Å². The Morgan fingerprint density at radius 3 is 2.22 bits per heavy atom. The van der Waals surface area contributed by atoms with E-state index in [0.717, 1.165) is 0 Å². The molecule has 9 heavy (non-hydrogen) atoms. The number of aliphatic hydroxyl groups is 1. The van der Waals surface area contributed by atoms with E-state index in [0.29, 0.717) is 0 Å². The van der Waals surface area contributed by atoms with Crippen LogP contribution in [0.3, 0.4) is 0 Å². The quantitative estimate of drug-likeness (QED) is 0.455. The van der Waals surface area contributed by atoms with Gasteiger partial charge in [-0.2, -0.15) is 0 Å². The normalized spacial score (nSPS) is 16.7. The van der Waals surface area contributed by atoms with Crippen LogP contribution in [0.25, 0.3) is 0 Å². The van der Waals surface area contributed by atoms with E-state index in [4.69, 9.17) is 10.00 Å². The van der Waals surface area contributed by atoms with Gasteiger partial charge in [-0.3, -0.25) is 4.57 Å². The van der Waals surface area contributed by atoms with Crippen LogP contribution in [0, 0.1) is 0 Å². The van der Waals surface area contributed by atoms with Gasteiger partial charge in [0.25, 0.3) is 0 Å². The zero-order chi connectivity index (χ0) is 7.49. The van der Waals surface area contributed by atoms with Crippen molar-refractivity contribution in [1.82, 2.24) is 0 Å². The lowest BCUT2D eigenvalue weighted by Gasteiger charge is -2.06. The fourth-order valence-electron chi connectivity index (χ4n) is 0.252. The Hall–Kier alpha value is -0.380. The Morgan fingerprint density at radius 1 is 1.67 bits per heavy atom. The van der Waals surface area contributed by atoms with Crippen LogP contribution in [-0.4, -0.2) is 28.5 Å². The molecule has 0 aliphatic rings. The van der Waals surface area contributed by atoms with E-state index in [9.17, 15) is 14.5 Å². The largest absolute Gasteiger partial charge is 0.550 e. The number of aliphatic carboxylic acids is 1. The van der Waals surface area contributed by atoms with Crippen molar-refractivity contribution >= 4 is 13.3 Å². The highest BCUT2D eigenvalue weighted by Gasteiger charge is 2.15. The predicted molar refractivity (Wildman–Crippen MR) is 26.8 cm³/mol. The Labute approximate surface area is 51.4 Å². The summed E-state index contributed by atoms with van der Waals surface area (Å²) >= 11 is 0. The summed E-state index contributed by atoms with van der Waals surface area (Å²) < 4.78 is 10.3. The third kappa shape index (κ3) is 4.14. The van der Waals surface area contributed by atoms with E-state index in [1.165, 1.54) is 0 Å². The maximum atomic E-state index is 10.3. The monoisotopic (exact) mass is 153 g/mol. The van der Waals surface area contributed by atoms with Gasteiger partial charge in [0.1, 0.15) is 6.35 Å². The van der Waals surface area contributed by atoms with Gasteiger partial charge in [0.05, 0.1) is 12.1 Å². The molecule has 6 heteroatoms. The Bertz CT molecular complexity index is 152. The van der Waals surface area contributed by atoms with Gasteiger partial charge in [-0.1, -0.05) is 0 Å². The molecule has 1 unspecified atom stereocenters. The zero-order valence-electron chi connectivity index (χ0n) is 4.48. The van der Waals surface area contributed by atoms with Gasteiger partial charge >= 0.3 is 0 Å². The first-order valence-corrected chi connectivity index (χ1v) is 4.12. The highest BCUT2D eigenvalue weighted by molar-refractivity contribution is 7.58. The third-order valence-corrected chi connectivity index (χ3v) is 1.79. The lowest BCUT2D eigenvalue weighted by molar-refractivity contribution is -0.301. The molecule has 0 bridgehead atoms. The number of aliphatic hydroxyl groups excluding tert-OH is 1. The van der Waals surface area contributed by atoms with Crippen LogP contribution in [0.1, 0.15) is 0 Å². The average Bonchev–Trinajstić information content (AvgIpc) is 1.63. The number of rotatable bonds is 3. The molecule has 0 heterocycles. The van der Waals surface area contributed by atoms with E-state index < -0.39 is 25.8 Å². The highest BCUT2D eigenvalue weighted by Crippen LogP contribution is 2.37. The van der Waals surface area contributed by atoms with Crippen molar-refractivity contribution in [2.75, 3.05) is 12.5 Å². The minimum atomic E-state index is -3.84. The summed E-state index contributed by atoms with van der Waals surface area (Å²) in [6, 6.07) is 0. The van der Waals surface area contributed by atoms with Gasteiger partial charge in [0.2, 0.25) is 7.37 Å². The van der Waals surface area contributed by atoms with Crippen LogP contribution in [0.2, 0.25) is 0 Å². The second-order valence-electron chi connectivity index (χ2n) is 1.52. The standard InChI is InChI=1S/C3H7O5P/c4-2-9(7,8)1-3(5)6/h4H,1-2H2,(H,5,6)(H,7,8)/p-1. The minimum absolute atomic E-state index is 0.983. The molecule has 0 spiro atoms. The first-order valence-electron chi connectivity index (χ1n) is 2.09. The fraction of sp³-hybridized carbons (Fsp3) is 0.667. The zero-order valence-corrected chi connectivity index (χ0v) is 5.38. The molecule has 0 aliphatic heterocycles. The molecule has 2 N–H and O–H groups in total. The molecule has 0 aromatic rings. The lowest BCUT2D eigenvalue weighted by Crippen LogP contribution is -2.26. The Kier molecular flexibility index (Phi) is 2.84. The van der Waals surface area contributed by atoms with Gasteiger partial charge in [0, 0.05) is 0 Å². The van der Waals surface area contributed by atoms with Gasteiger partial charge in [0.15, 0.2) is 0 Å². The van der Waals surface area contributed by atoms with Gasteiger partial charge in [-0.05, 0) is 0 Å². The second-order valence-corrected chi connectivity index (χ2v) is 3.81. The van der Waals surface area contributed by atoms with Crippen LogP contribution >= 0.6 is 7.37 Å². The highest BCUT2D eigenvalue weighted by atomic mass is 31.2. The van der Waals surface area contributed by atoms with Gasteiger partial charge in [-0.15, -0.1) is 0 Å². The lowest BCUT2D eigenvalue weighted by atomic mass is 10.8. The summed E-state index contributed by atoms with van der Waals surface area (Å²) in [6.07, 6.45) is -2.00. The summed E-state index contributed by atoms with van der Waals surface area (Å²) in [4.78, 5) is 18.0. The van der Waals surface area contributed by atoms with E-state index in [1.807, 2.05) is 0 Å². The molecule has 5 nitrogen and oxygen atoms in total. The van der Waals surface area contributed by atoms with Gasteiger partial charge < -0.3 is 19.9 Å². The summed E-state index contributed by atoms with van der Waals surface area (Å²) in [6.45, 7) is 0. The summed E-state index contributed by atoms with van der Waals surface area (Å²) in [5.74, 6) is -1.63. The topological polar surface area (TPSA) is 97.7 Å². The van der Waals surface area contributed by atoms with Crippen molar-refractivity contribution in [3.05, 3.63) is 0 Å². The van der Waals surface area contributed by atoms with Crippen LogP contribution in [-0.2, 0) is 9.36 Å². The van der Waals surface area contributed by atoms with E-state index in [1.54, 1.807) is 0 Å². The SMILES string of the molecule is O=C([O-])CP(=O)(O)CO. The molecule has 0 amide bonds. The second kappa shape index (κ2) is 2.96. The third-order valence-electron chi connectivity index (χ3n) is 0.597. The van der Waals surface area contributed by atoms with Crippen molar-refractivity contribution in [2.45, 2.75) is 0 Å². The smallest absolute Gasteiger partial charge is 0.230 e. The van der Waals surface area contributed by atoms with Crippen molar-refractivity contribution in [2.24, 2.45) is 0 Å². The van der Waals surface area contributed by atoms with Crippen molar-refractivity contribution in [3.63, 3.8) is 0 Å². The minimum Gasteiger partial charge on any atom is -0.550 e. The molecule has 0 aromatic heterocycles. The van der Waals surface area contributed by atoms with E-state index >= 15 is 0 Å². The molecule has 0 fully saturated rings. The van der Waals surface area contributed by atoms with Crippen LogP contribution in [0.5, 0.6) is 0 Å². The molecule has 54 valence electrons. The summed E-state index contributed by atoms with van der Waals surface area (Å²) in [5.41, 5.74) is 0. The number of carboxylic acids is 1. The van der Waals surface area contributed by atoms with Crippen molar-refractivity contribution in [1.29, 1.82) is 0 Å². The predicted octanol–water partition coefficient (Wildman–Crippen LogP) is -2.04. The molecular formula is C3H6O5P-. The molecule has 0 saturated heterocycles. The summed E-state index contributed by atoms with van der Waals surface area (Å²) in [7, 11) is -3.84. The Balaban J connectivity index is 3.88. The van der Waals surface area contributed by atoms with Crippen LogP contribution in [0.4, 0.5) is 0 Å². The maximum Gasteiger partial charge on any atom is 0.230 e. The number of carboxylic acid groups (broad SMARTS) is 1. The van der Waals surface area contributed by atoms with Crippen molar-refractivity contribution in [3.8, 4) is 0 Å². The molecule has 0 radical (unpaired) electrons. The molecular weight excluding hydrogens is 147 g/mol. The molecule has 0 saturated carbocycles. The van der Waals surface area contributed by atoms with E-state index in [-0.39, 0.29) is 0 Å². The van der Waals surface area contributed by atoms with E-state index in [2.05, 4.69) is 0 Å². The number of carbonyl (C=O) groups excluding carboxylic acids is 1. The first-order chi connectivity index (χ1) is 3.98. The molecule has 0 rings (SSSR count). The van der Waals surface area contributed by atoms with Crippen LogP contribution in [0.15, 0.2) is 0 Å². The molecule has 0 aliphatic carbocycles. The number of carbonyl (C=O) groups is 1. The Morgan fingerprint density at radius 2 is 2.11 bits per heavy atom. The van der Waals surface area contributed by atoms with Crippen molar-refractivity contribution < 1.29 is 24.5 Å². The number of hydrogen-bond donors (Lipinski definition) is 2. The molecule has 1 atom stereocenters. The maximum absolute atomic E-state index is 10.3. The first kappa shape index (κ1) is 8.62. The average molecular weight is 153 g/mol. The fourth-order valence-corrected chi connectivity index (χ4v) is 0.755. The molecule has 0 aromatic carbocycles. The number of hydrogen-bond acceptors (Lipinski definition) is 4. The van der Waals surface area contributed by atoms with Crippen LogP contribution < -0.4 is 5.11 Å².